The Morgan fingerprint density at radius 1 is 1.43 bits per heavy atom. The Bertz CT molecular complexity index is 610. The first-order chi connectivity index (χ1) is 10.7. The van der Waals surface area contributed by atoms with Crippen LogP contribution in [-0.4, -0.2) is 35.7 Å². The molecule has 0 radical (unpaired) electrons. The Balaban J connectivity index is 1.96. The molecule has 0 bridgehead atoms. The van der Waals surface area contributed by atoms with Crippen molar-refractivity contribution in [3.05, 3.63) is 33.9 Å². The zero-order valence-electron chi connectivity index (χ0n) is 14.0. The average molecular weight is 321 g/mol. The maximum atomic E-state index is 11.8. The van der Waals surface area contributed by atoms with Crippen LogP contribution in [-0.2, 0) is 4.74 Å². The molecule has 1 heterocycles. The number of ether oxygens (including phenoxy) is 1. The third kappa shape index (κ3) is 4.58. The van der Waals surface area contributed by atoms with Crippen LogP contribution >= 0.6 is 0 Å². The van der Waals surface area contributed by atoms with Crippen LogP contribution in [0.2, 0.25) is 0 Å². The summed E-state index contributed by atoms with van der Waals surface area (Å²) in [5.41, 5.74) is 1.17. The molecule has 7 heteroatoms. The second kappa shape index (κ2) is 6.44. The molecule has 23 heavy (non-hydrogen) atoms. The van der Waals surface area contributed by atoms with E-state index in [-0.39, 0.29) is 16.7 Å². The number of nitrogens with one attached hydrogen (secondary N) is 1. The van der Waals surface area contributed by atoms with Gasteiger partial charge in [0.05, 0.1) is 11.0 Å². The monoisotopic (exact) mass is 321 g/mol. The standard InChI is InChI=1S/C16H23N3O4/c1-11-9-13(5-6-14(11)19(21)22)18-8-7-12(10-18)17-15(20)23-16(2,3)4/h5-6,9,12H,7-8,10H2,1-4H3,(H,17,20). The number of rotatable bonds is 3. The lowest BCUT2D eigenvalue weighted by molar-refractivity contribution is -0.385. The average Bonchev–Trinajstić information content (AvgIpc) is 2.84. The van der Waals surface area contributed by atoms with Crippen LogP contribution in [0.3, 0.4) is 0 Å². The number of hydrogen-bond acceptors (Lipinski definition) is 5. The molecule has 1 aromatic rings. The highest BCUT2D eigenvalue weighted by Gasteiger charge is 2.27. The first kappa shape index (κ1) is 17.1. The highest BCUT2D eigenvalue weighted by Crippen LogP contribution is 2.26. The summed E-state index contributed by atoms with van der Waals surface area (Å²) in [6, 6.07) is 5.11. The van der Waals surface area contributed by atoms with Gasteiger partial charge in [0, 0.05) is 30.4 Å². The fourth-order valence-electron chi connectivity index (χ4n) is 2.63. The molecule has 1 aliphatic heterocycles. The molecule has 1 N–H and O–H groups in total. The molecule has 1 amide bonds. The van der Waals surface area contributed by atoms with E-state index in [1.807, 2.05) is 26.8 Å². The summed E-state index contributed by atoms with van der Waals surface area (Å²) >= 11 is 0. The smallest absolute Gasteiger partial charge is 0.407 e. The van der Waals surface area contributed by atoms with Gasteiger partial charge in [-0.3, -0.25) is 10.1 Å². The summed E-state index contributed by atoms with van der Waals surface area (Å²) in [4.78, 5) is 24.4. The van der Waals surface area contributed by atoms with Gasteiger partial charge in [0.1, 0.15) is 5.60 Å². The van der Waals surface area contributed by atoms with E-state index in [0.717, 1.165) is 18.7 Å². The number of amides is 1. The topological polar surface area (TPSA) is 84.7 Å². The van der Waals surface area contributed by atoms with E-state index in [2.05, 4.69) is 10.2 Å². The van der Waals surface area contributed by atoms with Crippen molar-refractivity contribution in [3.63, 3.8) is 0 Å². The maximum Gasteiger partial charge on any atom is 0.407 e. The highest BCUT2D eigenvalue weighted by atomic mass is 16.6. The van der Waals surface area contributed by atoms with Gasteiger partial charge in [-0.2, -0.15) is 0 Å². The summed E-state index contributed by atoms with van der Waals surface area (Å²) in [6.45, 7) is 8.66. The molecule has 1 fully saturated rings. The van der Waals surface area contributed by atoms with Crippen LogP contribution in [0.25, 0.3) is 0 Å². The van der Waals surface area contributed by atoms with Gasteiger partial charge in [0.25, 0.3) is 5.69 Å². The molecular formula is C16H23N3O4. The Labute approximate surface area is 135 Å². The number of alkyl carbamates (subject to hydrolysis) is 1. The zero-order valence-corrected chi connectivity index (χ0v) is 14.0. The van der Waals surface area contributed by atoms with Crippen LogP contribution in [0.15, 0.2) is 18.2 Å². The van der Waals surface area contributed by atoms with Crippen molar-refractivity contribution >= 4 is 17.5 Å². The third-order valence-electron chi connectivity index (χ3n) is 3.65. The lowest BCUT2D eigenvalue weighted by Crippen LogP contribution is -2.40. The normalized spacial score (nSPS) is 17.9. The van der Waals surface area contributed by atoms with Crippen LogP contribution in [0.4, 0.5) is 16.2 Å². The molecule has 1 saturated heterocycles. The highest BCUT2D eigenvalue weighted by molar-refractivity contribution is 5.68. The van der Waals surface area contributed by atoms with E-state index in [4.69, 9.17) is 4.74 Å². The van der Waals surface area contributed by atoms with E-state index in [1.54, 1.807) is 13.0 Å². The van der Waals surface area contributed by atoms with E-state index >= 15 is 0 Å². The molecule has 2 rings (SSSR count). The fraction of sp³-hybridized carbons (Fsp3) is 0.562. The van der Waals surface area contributed by atoms with Crippen LogP contribution in [0, 0.1) is 17.0 Å². The van der Waals surface area contributed by atoms with Gasteiger partial charge in [-0.25, -0.2) is 4.79 Å². The minimum Gasteiger partial charge on any atom is -0.444 e. The van der Waals surface area contributed by atoms with Gasteiger partial charge < -0.3 is 15.0 Å². The Morgan fingerprint density at radius 3 is 2.70 bits per heavy atom. The van der Waals surface area contributed by atoms with Gasteiger partial charge in [0.15, 0.2) is 0 Å². The molecule has 0 spiro atoms. The van der Waals surface area contributed by atoms with E-state index in [9.17, 15) is 14.9 Å². The number of nitro benzene ring substituents is 1. The fourth-order valence-corrected chi connectivity index (χ4v) is 2.63. The van der Waals surface area contributed by atoms with Crippen molar-refractivity contribution in [1.82, 2.24) is 5.32 Å². The number of benzene rings is 1. The van der Waals surface area contributed by atoms with Gasteiger partial charge in [-0.1, -0.05) is 0 Å². The molecule has 0 saturated carbocycles. The summed E-state index contributed by atoms with van der Waals surface area (Å²) in [5, 5.41) is 13.7. The minimum absolute atomic E-state index is 0.0142. The summed E-state index contributed by atoms with van der Waals surface area (Å²) in [7, 11) is 0. The molecule has 1 atom stereocenters. The third-order valence-corrected chi connectivity index (χ3v) is 3.65. The summed E-state index contributed by atoms with van der Waals surface area (Å²) < 4.78 is 5.26. The zero-order chi connectivity index (χ0) is 17.2. The first-order valence-corrected chi connectivity index (χ1v) is 7.65. The Morgan fingerprint density at radius 2 is 2.13 bits per heavy atom. The maximum absolute atomic E-state index is 11.8. The quantitative estimate of drug-likeness (QED) is 0.683. The van der Waals surface area contributed by atoms with Gasteiger partial charge in [-0.15, -0.1) is 0 Å². The van der Waals surface area contributed by atoms with Crippen molar-refractivity contribution in [2.45, 2.75) is 45.8 Å². The van der Waals surface area contributed by atoms with Crippen LogP contribution < -0.4 is 10.2 Å². The molecule has 1 unspecified atom stereocenters. The van der Waals surface area contributed by atoms with Crippen molar-refractivity contribution in [1.29, 1.82) is 0 Å². The molecule has 1 aromatic carbocycles. The van der Waals surface area contributed by atoms with Crippen LogP contribution in [0.1, 0.15) is 32.8 Å². The number of carbonyl (C=O) groups is 1. The molecular weight excluding hydrogens is 298 g/mol. The predicted molar refractivity (Wildman–Crippen MR) is 87.8 cm³/mol. The van der Waals surface area contributed by atoms with Crippen LogP contribution in [0.5, 0.6) is 0 Å². The number of hydrogen-bond donors (Lipinski definition) is 1. The molecule has 1 aliphatic rings. The SMILES string of the molecule is Cc1cc(N2CCC(NC(=O)OC(C)(C)C)C2)ccc1[N+](=O)[O-]. The second-order valence-electron chi connectivity index (χ2n) is 6.81. The molecule has 0 aliphatic carbocycles. The lowest BCUT2D eigenvalue weighted by atomic mass is 10.1. The van der Waals surface area contributed by atoms with Gasteiger partial charge >= 0.3 is 6.09 Å². The molecule has 126 valence electrons. The number of nitrogens with zero attached hydrogens (tertiary/aromatic N) is 2. The summed E-state index contributed by atoms with van der Waals surface area (Å²) in [6.07, 6.45) is 0.402. The predicted octanol–water partition coefficient (Wildman–Crippen LogP) is 3.01. The van der Waals surface area contributed by atoms with Crippen molar-refractivity contribution in [2.24, 2.45) is 0 Å². The van der Waals surface area contributed by atoms with E-state index in [1.165, 1.54) is 6.07 Å². The first-order valence-electron chi connectivity index (χ1n) is 7.65. The van der Waals surface area contributed by atoms with Gasteiger partial charge in [-0.05, 0) is 46.2 Å². The Hall–Kier alpha value is -2.31. The van der Waals surface area contributed by atoms with Gasteiger partial charge in [0.2, 0.25) is 0 Å². The lowest BCUT2D eigenvalue weighted by Gasteiger charge is -2.22. The number of anilines is 1. The van der Waals surface area contributed by atoms with Crippen molar-refractivity contribution in [2.75, 3.05) is 18.0 Å². The number of aryl methyl sites for hydroxylation is 1. The number of carbonyl (C=O) groups excluding carboxylic acids is 1. The summed E-state index contributed by atoms with van der Waals surface area (Å²) in [5.74, 6) is 0. The van der Waals surface area contributed by atoms with Crippen molar-refractivity contribution < 1.29 is 14.5 Å². The number of nitro groups is 1. The Kier molecular flexibility index (Phi) is 4.77. The molecule has 0 aromatic heterocycles. The second-order valence-corrected chi connectivity index (χ2v) is 6.81. The largest absolute Gasteiger partial charge is 0.444 e. The minimum atomic E-state index is -0.516. The van der Waals surface area contributed by atoms with E-state index < -0.39 is 11.7 Å². The van der Waals surface area contributed by atoms with Crippen molar-refractivity contribution in [3.8, 4) is 0 Å². The molecule has 7 nitrogen and oxygen atoms in total. The van der Waals surface area contributed by atoms with E-state index in [0.29, 0.717) is 12.1 Å².